The number of rotatable bonds is 6. The van der Waals surface area contributed by atoms with Gasteiger partial charge in [0.25, 0.3) is 0 Å². The second-order valence-electron chi connectivity index (χ2n) is 4.98. The minimum absolute atomic E-state index is 0.0655. The summed E-state index contributed by atoms with van der Waals surface area (Å²) >= 11 is 5.78. The van der Waals surface area contributed by atoms with E-state index >= 15 is 0 Å². The number of nitrogens with one attached hydrogen (secondary N) is 1. The van der Waals surface area contributed by atoms with Crippen molar-refractivity contribution in [3.8, 4) is 11.4 Å². The molecule has 0 aliphatic rings. The number of aromatic nitrogens is 4. The van der Waals surface area contributed by atoms with E-state index in [2.05, 4.69) is 20.2 Å². The summed E-state index contributed by atoms with van der Waals surface area (Å²) in [5.74, 6) is 1.05. The van der Waals surface area contributed by atoms with Crippen LogP contribution in [0.3, 0.4) is 0 Å². The van der Waals surface area contributed by atoms with Gasteiger partial charge in [-0.3, -0.25) is 0 Å². The molecular weight excluding hydrogens is 366 g/mol. The number of ether oxygens (including phenoxy) is 1. The number of hydrogen-bond acceptors (Lipinski definition) is 6. The maximum Gasteiger partial charge on any atom is 0.240 e. The van der Waals surface area contributed by atoms with Crippen LogP contribution in [0.15, 0.2) is 53.4 Å². The molecule has 25 heavy (non-hydrogen) atoms. The van der Waals surface area contributed by atoms with Crippen molar-refractivity contribution in [2.45, 2.75) is 11.4 Å². The third-order valence-corrected chi connectivity index (χ3v) is 5.06. The smallest absolute Gasteiger partial charge is 0.240 e. The van der Waals surface area contributed by atoms with Gasteiger partial charge < -0.3 is 4.74 Å². The number of nitrogens with zero attached hydrogens (tertiary/aromatic N) is 4. The Balaban J connectivity index is 1.78. The van der Waals surface area contributed by atoms with E-state index < -0.39 is 10.0 Å². The molecule has 0 aliphatic carbocycles. The number of methoxy groups -OCH3 is 1. The van der Waals surface area contributed by atoms with Crippen LogP contribution < -0.4 is 9.46 Å². The van der Waals surface area contributed by atoms with Gasteiger partial charge in [-0.25, -0.2) is 13.1 Å². The van der Waals surface area contributed by atoms with Gasteiger partial charge in [0.2, 0.25) is 10.0 Å². The molecule has 1 aromatic heterocycles. The Bertz CT molecular complexity index is 956. The summed E-state index contributed by atoms with van der Waals surface area (Å²) in [4.78, 5) is 0.111. The summed E-state index contributed by atoms with van der Waals surface area (Å²) in [6.45, 7) is -0.0655. The minimum atomic E-state index is -3.70. The van der Waals surface area contributed by atoms with Crippen molar-refractivity contribution >= 4 is 21.6 Å². The highest BCUT2D eigenvalue weighted by Crippen LogP contribution is 2.16. The monoisotopic (exact) mass is 379 g/mol. The fourth-order valence-corrected chi connectivity index (χ4v) is 3.20. The van der Waals surface area contributed by atoms with Gasteiger partial charge in [0.1, 0.15) is 5.75 Å². The van der Waals surface area contributed by atoms with Crippen LogP contribution in [0.1, 0.15) is 5.82 Å². The molecule has 0 bridgehead atoms. The molecule has 0 atom stereocenters. The quantitative estimate of drug-likeness (QED) is 0.701. The lowest BCUT2D eigenvalue weighted by atomic mass is 10.3. The second-order valence-corrected chi connectivity index (χ2v) is 7.19. The van der Waals surface area contributed by atoms with E-state index in [0.29, 0.717) is 22.3 Å². The number of sulfonamides is 1. The van der Waals surface area contributed by atoms with E-state index in [-0.39, 0.29) is 11.4 Å². The lowest BCUT2D eigenvalue weighted by Gasteiger charge is -2.08. The van der Waals surface area contributed by atoms with E-state index in [0.717, 1.165) is 0 Å². The van der Waals surface area contributed by atoms with E-state index in [1.807, 2.05) is 0 Å². The summed E-state index contributed by atoms with van der Waals surface area (Å²) in [5, 5.41) is 11.8. The van der Waals surface area contributed by atoms with Crippen LogP contribution in [0.5, 0.6) is 5.75 Å². The van der Waals surface area contributed by atoms with E-state index in [4.69, 9.17) is 16.3 Å². The van der Waals surface area contributed by atoms with Gasteiger partial charge in [-0.1, -0.05) is 11.6 Å². The average Bonchev–Trinajstić information content (AvgIpc) is 3.09. The predicted octanol–water partition coefficient (Wildman–Crippen LogP) is 1.80. The summed E-state index contributed by atoms with van der Waals surface area (Å²) in [5.41, 5.74) is 0.687. The Labute approximate surface area is 149 Å². The Morgan fingerprint density at radius 2 is 1.80 bits per heavy atom. The van der Waals surface area contributed by atoms with Crippen molar-refractivity contribution in [2.24, 2.45) is 0 Å². The first-order valence-electron chi connectivity index (χ1n) is 7.16. The molecule has 3 rings (SSSR count). The van der Waals surface area contributed by atoms with Crippen LogP contribution in [0.25, 0.3) is 5.69 Å². The molecule has 3 aromatic rings. The third kappa shape index (κ3) is 3.95. The molecule has 1 N–H and O–H groups in total. The van der Waals surface area contributed by atoms with Crippen molar-refractivity contribution < 1.29 is 13.2 Å². The SMILES string of the molecule is COc1ccc(-n2nnnc2CNS(=O)(=O)c2ccc(Cl)cc2)cc1. The second kappa shape index (κ2) is 7.18. The van der Waals surface area contributed by atoms with Crippen LogP contribution in [0.4, 0.5) is 0 Å². The zero-order valence-electron chi connectivity index (χ0n) is 13.1. The Morgan fingerprint density at radius 3 is 2.44 bits per heavy atom. The van der Waals surface area contributed by atoms with Crippen LogP contribution in [0, 0.1) is 0 Å². The fraction of sp³-hybridized carbons (Fsp3) is 0.133. The van der Waals surface area contributed by atoms with Crippen LogP contribution in [-0.4, -0.2) is 35.7 Å². The van der Waals surface area contributed by atoms with Crippen LogP contribution in [-0.2, 0) is 16.6 Å². The molecule has 0 amide bonds. The number of tetrazole rings is 1. The Kier molecular flexibility index (Phi) is 4.98. The molecule has 0 unspecified atom stereocenters. The Hall–Kier alpha value is -2.49. The summed E-state index contributed by atoms with van der Waals surface area (Å²) in [6, 6.07) is 12.9. The summed E-state index contributed by atoms with van der Waals surface area (Å²) in [6.07, 6.45) is 0. The molecule has 2 aromatic carbocycles. The van der Waals surface area contributed by atoms with Crippen molar-refractivity contribution in [1.29, 1.82) is 0 Å². The molecule has 0 saturated heterocycles. The zero-order valence-corrected chi connectivity index (χ0v) is 14.7. The standard InChI is InChI=1S/C15H14ClN5O3S/c1-24-13-6-4-12(5-7-13)21-15(18-19-20-21)10-17-25(22,23)14-8-2-11(16)3-9-14/h2-9,17H,10H2,1H3. The van der Waals surface area contributed by atoms with Crippen LogP contribution in [0.2, 0.25) is 5.02 Å². The minimum Gasteiger partial charge on any atom is -0.497 e. The first-order valence-corrected chi connectivity index (χ1v) is 9.02. The largest absolute Gasteiger partial charge is 0.497 e. The molecule has 0 radical (unpaired) electrons. The normalized spacial score (nSPS) is 11.4. The summed E-state index contributed by atoms with van der Waals surface area (Å²) in [7, 11) is -2.13. The predicted molar refractivity (Wildman–Crippen MR) is 91.2 cm³/mol. The zero-order chi connectivity index (χ0) is 17.9. The van der Waals surface area contributed by atoms with E-state index in [9.17, 15) is 8.42 Å². The summed E-state index contributed by atoms with van der Waals surface area (Å²) < 4.78 is 33.7. The van der Waals surface area contributed by atoms with Gasteiger partial charge in [0.05, 0.1) is 24.2 Å². The lowest BCUT2D eigenvalue weighted by molar-refractivity contribution is 0.414. The molecular formula is C15H14ClN5O3S. The van der Waals surface area contributed by atoms with Crippen molar-refractivity contribution in [3.63, 3.8) is 0 Å². The first kappa shape index (κ1) is 17.3. The van der Waals surface area contributed by atoms with Gasteiger partial charge in [-0.15, -0.1) is 5.10 Å². The number of benzene rings is 2. The van der Waals surface area contributed by atoms with Gasteiger partial charge in [-0.2, -0.15) is 4.68 Å². The average molecular weight is 380 g/mol. The molecule has 8 nitrogen and oxygen atoms in total. The highest BCUT2D eigenvalue weighted by molar-refractivity contribution is 7.89. The molecule has 0 spiro atoms. The highest BCUT2D eigenvalue weighted by Gasteiger charge is 2.16. The number of hydrogen-bond donors (Lipinski definition) is 1. The van der Waals surface area contributed by atoms with Crippen molar-refractivity contribution in [2.75, 3.05) is 7.11 Å². The highest BCUT2D eigenvalue weighted by atomic mass is 35.5. The molecule has 0 saturated carbocycles. The van der Waals surface area contributed by atoms with Gasteiger partial charge in [0.15, 0.2) is 5.82 Å². The maximum atomic E-state index is 12.3. The molecule has 1 heterocycles. The first-order chi connectivity index (χ1) is 12.0. The van der Waals surface area contributed by atoms with Crippen molar-refractivity contribution in [1.82, 2.24) is 24.9 Å². The lowest BCUT2D eigenvalue weighted by Crippen LogP contribution is -2.25. The van der Waals surface area contributed by atoms with E-state index in [1.54, 1.807) is 31.4 Å². The molecule has 130 valence electrons. The fourth-order valence-electron chi connectivity index (χ4n) is 2.10. The molecule has 10 heteroatoms. The van der Waals surface area contributed by atoms with Gasteiger partial charge in [-0.05, 0) is 59.0 Å². The molecule has 0 fully saturated rings. The number of halogens is 1. The van der Waals surface area contributed by atoms with Crippen LogP contribution >= 0.6 is 11.6 Å². The van der Waals surface area contributed by atoms with Gasteiger partial charge in [0, 0.05) is 5.02 Å². The van der Waals surface area contributed by atoms with Gasteiger partial charge >= 0.3 is 0 Å². The molecule has 0 aliphatic heterocycles. The van der Waals surface area contributed by atoms with E-state index in [1.165, 1.54) is 28.9 Å². The van der Waals surface area contributed by atoms with Crippen molar-refractivity contribution in [3.05, 3.63) is 59.4 Å². The topological polar surface area (TPSA) is 99.0 Å². The third-order valence-electron chi connectivity index (χ3n) is 3.40. The Morgan fingerprint density at radius 1 is 1.12 bits per heavy atom. The maximum absolute atomic E-state index is 12.3.